The topological polar surface area (TPSA) is 63.6 Å². The van der Waals surface area contributed by atoms with Crippen LogP contribution < -0.4 is 0 Å². The van der Waals surface area contributed by atoms with Crippen LogP contribution in [0.5, 0.6) is 0 Å². The summed E-state index contributed by atoms with van der Waals surface area (Å²) in [6, 6.07) is 0. The van der Waals surface area contributed by atoms with Crippen LogP contribution in [0.3, 0.4) is 0 Å². The minimum Gasteiger partial charge on any atom is -0.481 e. The van der Waals surface area contributed by atoms with Crippen LogP contribution in [0.25, 0.3) is 0 Å². The van der Waals surface area contributed by atoms with E-state index in [0.29, 0.717) is 6.42 Å². The molecule has 0 saturated heterocycles. The number of esters is 1. The fourth-order valence-electron chi connectivity index (χ4n) is 2.16. The Morgan fingerprint density at radius 1 is 1.33 bits per heavy atom. The van der Waals surface area contributed by atoms with Crippen LogP contribution in [0.4, 0.5) is 0 Å². The standard InChI is InChI=1S/C12H20O2.C2H4O2/c1-2-14-12(13)10-6-9-11-7-4-3-5-8-11;1-2(3)4/h2,11H,1,3-10H2;1H3,(H,3,4). The molecule has 4 nitrogen and oxygen atoms in total. The summed E-state index contributed by atoms with van der Waals surface area (Å²) < 4.78 is 4.66. The SMILES string of the molecule is C=COC(=O)CCCC1CCCCC1.CC(=O)O. The molecule has 1 aliphatic rings. The maximum atomic E-state index is 11.0. The van der Waals surface area contributed by atoms with Crippen molar-refractivity contribution in [2.45, 2.75) is 58.3 Å². The Morgan fingerprint density at radius 2 is 1.89 bits per heavy atom. The van der Waals surface area contributed by atoms with Crippen molar-refractivity contribution < 1.29 is 19.4 Å². The molecule has 0 aliphatic heterocycles. The van der Waals surface area contributed by atoms with Crippen LogP contribution in [-0.2, 0) is 14.3 Å². The van der Waals surface area contributed by atoms with Gasteiger partial charge in [-0.25, -0.2) is 0 Å². The highest BCUT2D eigenvalue weighted by Crippen LogP contribution is 2.27. The van der Waals surface area contributed by atoms with Gasteiger partial charge in [0.15, 0.2) is 0 Å². The average molecular weight is 256 g/mol. The van der Waals surface area contributed by atoms with E-state index in [-0.39, 0.29) is 5.97 Å². The second-order valence-corrected chi connectivity index (χ2v) is 4.57. The Morgan fingerprint density at radius 3 is 2.39 bits per heavy atom. The van der Waals surface area contributed by atoms with Crippen LogP contribution in [0.15, 0.2) is 12.8 Å². The molecule has 104 valence electrons. The van der Waals surface area contributed by atoms with E-state index in [0.717, 1.165) is 19.3 Å². The molecule has 0 bridgehead atoms. The lowest BCUT2D eigenvalue weighted by Crippen LogP contribution is -2.07. The van der Waals surface area contributed by atoms with Crippen LogP contribution in [-0.4, -0.2) is 17.0 Å². The molecule has 1 rings (SSSR count). The van der Waals surface area contributed by atoms with Gasteiger partial charge in [0, 0.05) is 13.3 Å². The number of carboxylic acid groups (broad SMARTS) is 1. The first kappa shape index (κ1) is 16.7. The third kappa shape index (κ3) is 11.2. The van der Waals surface area contributed by atoms with Crippen molar-refractivity contribution in [2.24, 2.45) is 5.92 Å². The van der Waals surface area contributed by atoms with E-state index >= 15 is 0 Å². The summed E-state index contributed by atoms with van der Waals surface area (Å²) >= 11 is 0. The van der Waals surface area contributed by atoms with Gasteiger partial charge in [-0.3, -0.25) is 9.59 Å². The number of aliphatic carboxylic acids is 1. The molecule has 0 amide bonds. The summed E-state index contributed by atoms with van der Waals surface area (Å²) in [5.74, 6) is -0.115. The highest BCUT2D eigenvalue weighted by molar-refractivity contribution is 5.69. The van der Waals surface area contributed by atoms with Gasteiger partial charge in [-0.15, -0.1) is 0 Å². The number of carbonyl (C=O) groups excluding carboxylic acids is 1. The molecule has 1 N–H and O–H groups in total. The van der Waals surface area contributed by atoms with E-state index in [1.54, 1.807) is 0 Å². The van der Waals surface area contributed by atoms with Gasteiger partial charge in [0.25, 0.3) is 5.97 Å². The molecule has 0 unspecified atom stereocenters. The summed E-state index contributed by atoms with van der Waals surface area (Å²) in [4.78, 5) is 20.0. The fourth-order valence-corrected chi connectivity index (χ4v) is 2.16. The molecule has 4 heteroatoms. The third-order valence-corrected chi connectivity index (χ3v) is 2.93. The minimum atomic E-state index is -0.833. The highest BCUT2D eigenvalue weighted by Gasteiger charge is 2.13. The lowest BCUT2D eigenvalue weighted by atomic mass is 9.86. The lowest BCUT2D eigenvalue weighted by molar-refractivity contribution is -0.138. The van der Waals surface area contributed by atoms with Gasteiger partial charge in [-0.2, -0.15) is 0 Å². The highest BCUT2D eigenvalue weighted by atomic mass is 16.5. The summed E-state index contributed by atoms with van der Waals surface area (Å²) in [5, 5.41) is 7.42. The zero-order valence-electron chi connectivity index (χ0n) is 11.2. The number of hydrogen-bond donors (Lipinski definition) is 1. The average Bonchev–Trinajstić information content (AvgIpc) is 2.30. The summed E-state index contributed by atoms with van der Waals surface area (Å²) in [7, 11) is 0. The van der Waals surface area contributed by atoms with Crippen molar-refractivity contribution in [2.75, 3.05) is 0 Å². The van der Waals surface area contributed by atoms with E-state index in [1.165, 1.54) is 44.8 Å². The van der Waals surface area contributed by atoms with Crippen molar-refractivity contribution >= 4 is 11.9 Å². The minimum absolute atomic E-state index is 0.143. The van der Waals surface area contributed by atoms with Crippen LogP contribution >= 0.6 is 0 Å². The second-order valence-electron chi connectivity index (χ2n) is 4.57. The maximum Gasteiger partial charge on any atom is 0.310 e. The Labute approximate surface area is 109 Å². The van der Waals surface area contributed by atoms with Crippen LogP contribution in [0, 0.1) is 5.92 Å². The van der Waals surface area contributed by atoms with Gasteiger partial charge in [0.1, 0.15) is 0 Å². The van der Waals surface area contributed by atoms with E-state index in [9.17, 15) is 4.79 Å². The van der Waals surface area contributed by atoms with Gasteiger partial charge in [-0.05, 0) is 18.8 Å². The first-order valence-electron chi connectivity index (χ1n) is 6.56. The van der Waals surface area contributed by atoms with Gasteiger partial charge in [-0.1, -0.05) is 38.7 Å². The van der Waals surface area contributed by atoms with Crippen molar-refractivity contribution in [3.05, 3.63) is 12.8 Å². The Kier molecular flexibility index (Phi) is 10.0. The Bertz CT molecular complexity index is 251. The fraction of sp³-hybridized carbons (Fsp3) is 0.714. The first-order valence-corrected chi connectivity index (χ1v) is 6.56. The monoisotopic (exact) mass is 256 g/mol. The van der Waals surface area contributed by atoms with Crippen molar-refractivity contribution in [1.29, 1.82) is 0 Å². The number of ether oxygens (including phenoxy) is 1. The predicted molar refractivity (Wildman–Crippen MR) is 70.0 cm³/mol. The second kappa shape index (κ2) is 10.8. The molecular weight excluding hydrogens is 232 g/mol. The normalized spacial score (nSPS) is 15.2. The Hall–Kier alpha value is -1.32. The molecule has 1 fully saturated rings. The van der Waals surface area contributed by atoms with E-state index in [2.05, 4.69) is 11.3 Å². The quantitative estimate of drug-likeness (QED) is 0.604. The van der Waals surface area contributed by atoms with Crippen LogP contribution in [0.1, 0.15) is 58.3 Å². The molecule has 0 heterocycles. The summed E-state index contributed by atoms with van der Waals surface area (Å²) in [5.41, 5.74) is 0. The molecule has 0 aromatic carbocycles. The largest absolute Gasteiger partial charge is 0.481 e. The molecule has 1 aliphatic carbocycles. The molecule has 1 saturated carbocycles. The first-order chi connectivity index (χ1) is 8.56. The molecule has 0 spiro atoms. The zero-order chi connectivity index (χ0) is 13.8. The summed E-state index contributed by atoms with van der Waals surface area (Å²) in [6.07, 6.45) is 10.8. The van der Waals surface area contributed by atoms with Gasteiger partial charge < -0.3 is 9.84 Å². The van der Waals surface area contributed by atoms with E-state index < -0.39 is 5.97 Å². The van der Waals surface area contributed by atoms with Crippen molar-refractivity contribution in [1.82, 2.24) is 0 Å². The van der Waals surface area contributed by atoms with Gasteiger partial charge in [0.05, 0.1) is 6.26 Å². The zero-order valence-corrected chi connectivity index (χ0v) is 11.2. The smallest absolute Gasteiger partial charge is 0.310 e. The van der Waals surface area contributed by atoms with E-state index in [4.69, 9.17) is 9.90 Å². The predicted octanol–water partition coefficient (Wildman–Crippen LogP) is 3.51. The molecule has 0 atom stereocenters. The summed E-state index contributed by atoms with van der Waals surface area (Å²) in [6.45, 7) is 4.44. The molecule has 0 aromatic rings. The number of rotatable bonds is 5. The van der Waals surface area contributed by atoms with Crippen molar-refractivity contribution in [3.8, 4) is 0 Å². The molecule has 0 radical (unpaired) electrons. The molecule has 18 heavy (non-hydrogen) atoms. The number of hydrogen-bond acceptors (Lipinski definition) is 3. The number of carboxylic acids is 1. The van der Waals surface area contributed by atoms with Crippen LogP contribution in [0.2, 0.25) is 0 Å². The lowest BCUT2D eigenvalue weighted by Gasteiger charge is -2.20. The number of carbonyl (C=O) groups is 2. The van der Waals surface area contributed by atoms with Gasteiger partial charge in [0.2, 0.25) is 0 Å². The maximum absolute atomic E-state index is 11.0. The van der Waals surface area contributed by atoms with E-state index in [1.807, 2.05) is 0 Å². The molecule has 0 aromatic heterocycles. The Balaban J connectivity index is 0.000000631. The van der Waals surface area contributed by atoms with Crippen molar-refractivity contribution in [3.63, 3.8) is 0 Å². The molecular formula is C14H24O4. The third-order valence-electron chi connectivity index (χ3n) is 2.93. The van der Waals surface area contributed by atoms with Gasteiger partial charge >= 0.3 is 5.97 Å².